The van der Waals surface area contributed by atoms with E-state index in [-0.39, 0.29) is 5.91 Å². The van der Waals surface area contributed by atoms with Crippen LogP contribution in [0.15, 0.2) is 65.5 Å². The van der Waals surface area contributed by atoms with Crippen molar-refractivity contribution in [3.05, 3.63) is 72.4 Å². The third-order valence-electron chi connectivity index (χ3n) is 3.82. The summed E-state index contributed by atoms with van der Waals surface area (Å²) in [5.74, 6) is 0.607. The average Bonchev–Trinajstić information content (AvgIpc) is 3.28. The molecule has 0 saturated heterocycles. The molecule has 0 aliphatic carbocycles. The van der Waals surface area contributed by atoms with E-state index in [1.54, 1.807) is 35.2 Å². The van der Waals surface area contributed by atoms with Gasteiger partial charge in [0.15, 0.2) is 0 Å². The summed E-state index contributed by atoms with van der Waals surface area (Å²) >= 11 is 0. The normalized spacial score (nSPS) is 12.1. The lowest BCUT2D eigenvalue weighted by atomic mass is 10.1. The molecule has 2 heterocycles. The molecule has 1 atom stereocenters. The number of carbonyl (C=O) groups is 1. The van der Waals surface area contributed by atoms with E-state index in [0.717, 1.165) is 11.3 Å². The van der Waals surface area contributed by atoms with Gasteiger partial charge in [-0.05, 0) is 35.9 Å². The molecule has 3 aromatic rings. The van der Waals surface area contributed by atoms with Gasteiger partial charge in [0, 0.05) is 32.4 Å². The van der Waals surface area contributed by atoms with Gasteiger partial charge in [0.25, 0.3) is 0 Å². The molecule has 6 nitrogen and oxygen atoms in total. The molecule has 0 aliphatic rings. The number of aromatic nitrogens is 2. The van der Waals surface area contributed by atoms with E-state index < -0.39 is 6.04 Å². The molecule has 124 valence electrons. The first-order valence-electron chi connectivity index (χ1n) is 7.75. The Kier molecular flexibility index (Phi) is 4.77. The maximum absolute atomic E-state index is 12.4. The van der Waals surface area contributed by atoms with E-state index in [2.05, 4.69) is 5.10 Å². The highest BCUT2D eigenvalue weighted by atomic mass is 16.3. The molecular formula is C18H20N4O2. The molecule has 2 aromatic heterocycles. The summed E-state index contributed by atoms with van der Waals surface area (Å²) in [7, 11) is 1.76. The van der Waals surface area contributed by atoms with Crippen LogP contribution in [0, 0.1) is 0 Å². The standard InChI is InChI=1S/C18H20N4O2/c1-21(18(23)17(19)12-16-4-2-11-24-16)13-14-5-7-15(8-6-14)22-10-3-9-20-22/h2-11,17H,12-13,19H2,1H3/t17-/m1/s1. The number of carbonyl (C=O) groups excluding carboxylic acids is 1. The number of hydrogen-bond acceptors (Lipinski definition) is 4. The fraction of sp³-hybridized carbons (Fsp3) is 0.222. The van der Waals surface area contributed by atoms with Gasteiger partial charge in [-0.3, -0.25) is 4.79 Å². The van der Waals surface area contributed by atoms with E-state index in [9.17, 15) is 4.79 Å². The first kappa shape index (κ1) is 16.0. The molecule has 0 bridgehead atoms. The molecule has 3 rings (SSSR count). The molecule has 1 amide bonds. The molecule has 0 radical (unpaired) electrons. The van der Waals surface area contributed by atoms with Gasteiger partial charge in [0.05, 0.1) is 18.0 Å². The number of amides is 1. The topological polar surface area (TPSA) is 77.3 Å². The molecular weight excluding hydrogens is 304 g/mol. The number of rotatable bonds is 6. The van der Waals surface area contributed by atoms with Crippen molar-refractivity contribution in [3.63, 3.8) is 0 Å². The van der Waals surface area contributed by atoms with Gasteiger partial charge in [-0.15, -0.1) is 0 Å². The van der Waals surface area contributed by atoms with E-state index in [0.29, 0.717) is 18.7 Å². The second-order valence-corrected chi connectivity index (χ2v) is 5.70. The quantitative estimate of drug-likeness (QED) is 0.752. The van der Waals surface area contributed by atoms with Crippen LogP contribution in [0.2, 0.25) is 0 Å². The van der Waals surface area contributed by atoms with Crippen LogP contribution in [0.3, 0.4) is 0 Å². The number of nitrogens with zero attached hydrogens (tertiary/aromatic N) is 3. The van der Waals surface area contributed by atoms with Crippen LogP contribution >= 0.6 is 0 Å². The molecule has 1 aromatic carbocycles. The summed E-state index contributed by atoms with van der Waals surface area (Å²) in [4.78, 5) is 14.0. The Morgan fingerprint density at radius 1 is 1.29 bits per heavy atom. The highest BCUT2D eigenvalue weighted by Crippen LogP contribution is 2.11. The largest absolute Gasteiger partial charge is 0.469 e. The smallest absolute Gasteiger partial charge is 0.239 e. The Labute approximate surface area is 140 Å². The Morgan fingerprint density at radius 3 is 2.71 bits per heavy atom. The number of benzene rings is 1. The zero-order valence-corrected chi connectivity index (χ0v) is 13.5. The molecule has 0 unspecified atom stereocenters. The summed E-state index contributed by atoms with van der Waals surface area (Å²) in [6, 6.07) is 12.8. The lowest BCUT2D eigenvalue weighted by Crippen LogP contribution is -2.42. The summed E-state index contributed by atoms with van der Waals surface area (Å²) in [5.41, 5.74) is 8.00. The molecule has 0 fully saturated rings. The number of nitrogens with two attached hydrogens (primary N) is 1. The van der Waals surface area contributed by atoms with Crippen LogP contribution in [0.4, 0.5) is 0 Å². The SMILES string of the molecule is CN(Cc1ccc(-n2cccn2)cc1)C(=O)[C@H](N)Cc1ccco1. The molecule has 24 heavy (non-hydrogen) atoms. The molecule has 0 saturated carbocycles. The van der Waals surface area contributed by atoms with Crippen molar-refractivity contribution in [1.82, 2.24) is 14.7 Å². The van der Waals surface area contributed by atoms with Crippen LogP contribution < -0.4 is 5.73 Å². The summed E-state index contributed by atoms with van der Waals surface area (Å²) in [6.45, 7) is 0.504. The maximum Gasteiger partial charge on any atom is 0.239 e. The Bertz CT molecular complexity index is 764. The minimum Gasteiger partial charge on any atom is -0.469 e. The van der Waals surface area contributed by atoms with Crippen molar-refractivity contribution in [2.75, 3.05) is 7.05 Å². The molecule has 2 N–H and O–H groups in total. The van der Waals surface area contributed by atoms with Crippen LogP contribution in [0.1, 0.15) is 11.3 Å². The predicted octanol–water partition coefficient (Wildman–Crippen LogP) is 1.99. The Hall–Kier alpha value is -2.86. The van der Waals surface area contributed by atoms with E-state index in [1.807, 2.05) is 42.6 Å². The van der Waals surface area contributed by atoms with Crippen molar-refractivity contribution >= 4 is 5.91 Å². The van der Waals surface area contributed by atoms with Crippen molar-refractivity contribution in [3.8, 4) is 5.69 Å². The third kappa shape index (κ3) is 3.72. The minimum atomic E-state index is -0.607. The monoisotopic (exact) mass is 324 g/mol. The predicted molar refractivity (Wildman–Crippen MR) is 90.4 cm³/mol. The van der Waals surface area contributed by atoms with Gasteiger partial charge in [-0.25, -0.2) is 4.68 Å². The van der Waals surface area contributed by atoms with E-state index in [4.69, 9.17) is 10.2 Å². The maximum atomic E-state index is 12.4. The number of likely N-dealkylation sites (N-methyl/N-ethyl adjacent to an activating group) is 1. The van der Waals surface area contributed by atoms with Crippen molar-refractivity contribution in [2.45, 2.75) is 19.0 Å². The fourth-order valence-corrected chi connectivity index (χ4v) is 2.54. The molecule has 6 heteroatoms. The summed E-state index contributed by atoms with van der Waals surface area (Å²) in [5, 5.41) is 4.19. The van der Waals surface area contributed by atoms with Gasteiger partial charge in [0.1, 0.15) is 5.76 Å². The lowest BCUT2D eigenvalue weighted by molar-refractivity contribution is -0.131. The van der Waals surface area contributed by atoms with Gasteiger partial charge < -0.3 is 15.1 Å². The second-order valence-electron chi connectivity index (χ2n) is 5.70. The van der Waals surface area contributed by atoms with Crippen molar-refractivity contribution in [2.24, 2.45) is 5.73 Å². The highest BCUT2D eigenvalue weighted by Gasteiger charge is 2.19. The van der Waals surface area contributed by atoms with Crippen LogP contribution in [-0.2, 0) is 17.8 Å². The second kappa shape index (κ2) is 7.14. The number of hydrogen-bond donors (Lipinski definition) is 1. The zero-order chi connectivity index (χ0) is 16.9. The van der Waals surface area contributed by atoms with E-state index >= 15 is 0 Å². The van der Waals surface area contributed by atoms with Gasteiger partial charge in [-0.1, -0.05) is 12.1 Å². The summed E-state index contributed by atoms with van der Waals surface area (Å²) < 4.78 is 7.03. The van der Waals surface area contributed by atoms with Crippen LogP contribution in [-0.4, -0.2) is 33.7 Å². The fourth-order valence-electron chi connectivity index (χ4n) is 2.54. The van der Waals surface area contributed by atoms with Crippen LogP contribution in [0.25, 0.3) is 5.69 Å². The minimum absolute atomic E-state index is 0.109. The lowest BCUT2D eigenvalue weighted by Gasteiger charge is -2.21. The van der Waals surface area contributed by atoms with E-state index in [1.165, 1.54) is 0 Å². The van der Waals surface area contributed by atoms with Gasteiger partial charge >= 0.3 is 0 Å². The first-order chi connectivity index (χ1) is 11.6. The zero-order valence-electron chi connectivity index (χ0n) is 13.5. The Morgan fingerprint density at radius 2 is 2.08 bits per heavy atom. The van der Waals surface area contributed by atoms with Crippen molar-refractivity contribution < 1.29 is 9.21 Å². The number of furan rings is 1. The average molecular weight is 324 g/mol. The molecule has 0 spiro atoms. The highest BCUT2D eigenvalue weighted by molar-refractivity contribution is 5.81. The van der Waals surface area contributed by atoms with Crippen molar-refractivity contribution in [1.29, 1.82) is 0 Å². The Balaban J connectivity index is 1.59. The van der Waals surface area contributed by atoms with Gasteiger partial charge in [-0.2, -0.15) is 5.10 Å². The van der Waals surface area contributed by atoms with Gasteiger partial charge in [0.2, 0.25) is 5.91 Å². The molecule has 0 aliphatic heterocycles. The first-order valence-corrected chi connectivity index (χ1v) is 7.75. The third-order valence-corrected chi connectivity index (χ3v) is 3.82. The van der Waals surface area contributed by atoms with Crippen LogP contribution in [0.5, 0.6) is 0 Å². The summed E-state index contributed by atoms with van der Waals surface area (Å²) in [6.07, 6.45) is 5.60.